The molecule has 1 fully saturated rings. The average Bonchev–Trinajstić information content (AvgIpc) is 3.38. The summed E-state index contributed by atoms with van der Waals surface area (Å²) < 4.78 is 43.2. The summed E-state index contributed by atoms with van der Waals surface area (Å²) in [6, 6.07) is 10.1. The van der Waals surface area contributed by atoms with E-state index >= 15 is 0 Å². The highest BCUT2D eigenvalue weighted by Gasteiger charge is 2.33. The lowest BCUT2D eigenvalue weighted by Gasteiger charge is -2.23. The van der Waals surface area contributed by atoms with Crippen molar-refractivity contribution in [2.24, 2.45) is 5.92 Å². The summed E-state index contributed by atoms with van der Waals surface area (Å²) in [5.74, 6) is 1.06. The van der Waals surface area contributed by atoms with Gasteiger partial charge in [-0.15, -0.1) is 0 Å². The molecule has 0 atom stereocenters. The van der Waals surface area contributed by atoms with Gasteiger partial charge in [0.15, 0.2) is 17.0 Å². The van der Waals surface area contributed by atoms with E-state index in [9.17, 15) is 18.0 Å². The Hall–Kier alpha value is -4.23. The van der Waals surface area contributed by atoms with Gasteiger partial charge in [-0.05, 0) is 80.4 Å². The van der Waals surface area contributed by atoms with Gasteiger partial charge in [0.2, 0.25) is 0 Å². The third-order valence-corrected chi connectivity index (χ3v) is 6.85. The van der Waals surface area contributed by atoms with Crippen molar-refractivity contribution in [3.05, 3.63) is 66.2 Å². The van der Waals surface area contributed by atoms with Gasteiger partial charge in [0, 0.05) is 30.7 Å². The molecule has 13 heteroatoms. The molecule has 3 heterocycles. The van der Waals surface area contributed by atoms with Crippen LogP contribution in [-0.4, -0.2) is 52.2 Å². The molecule has 1 aliphatic heterocycles. The Morgan fingerprint density at radius 3 is 2.48 bits per heavy atom. The number of carbonyl (C=O) groups excluding carboxylic acids is 1. The van der Waals surface area contributed by atoms with Crippen molar-refractivity contribution in [1.82, 2.24) is 30.2 Å². The van der Waals surface area contributed by atoms with E-state index in [4.69, 9.17) is 0 Å². The number of aromatic nitrogens is 4. The minimum absolute atomic E-state index is 0.0495. The monoisotopic (exact) mass is 553 g/mol. The van der Waals surface area contributed by atoms with Crippen molar-refractivity contribution >= 4 is 34.4 Å². The van der Waals surface area contributed by atoms with Crippen LogP contribution in [0, 0.1) is 5.92 Å². The van der Waals surface area contributed by atoms with Crippen LogP contribution in [0.15, 0.2) is 55.1 Å². The molecular weight excluding hydrogens is 523 g/mol. The minimum atomic E-state index is -4.55. The summed E-state index contributed by atoms with van der Waals surface area (Å²) in [5.41, 5.74) is 1.87. The molecule has 1 saturated heterocycles. The average molecular weight is 554 g/mol. The number of carbonyl (C=O) groups is 1. The molecule has 0 aliphatic carbocycles. The van der Waals surface area contributed by atoms with Gasteiger partial charge in [0.1, 0.15) is 12.7 Å². The zero-order valence-corrected chi connectivity index (χ0v) is 21.8. The van der Waals surface area contributed by atoms with Gasteiger partial charge in [0.05, 0.1) is 5.56 Å². The molecule has 0 unspecified atom stereocenters. The van der Waals surface area contributed by atoms with Crippen LogP contribution in [0.3, 0.4) is 0 Å². The molecular formula is C27H30F3N9O. The molecule has 2 aromatic heterocycles. The maximum atomic E-state index is 13.8. The number of nitrogens with one attached hydrogen (secondary N) is 5. The van der Waals surface area contributed by atoms with Gasteiger partial charge >= 0.3 is 12.2 Å². The number of alkyl halides is 3. The van der Waals surface area contributed by atoms with Crippen molar-refractivity contribution in [2.45, 2.75) is 25.6 Å². The number of urea groups is 1. The summed E-state index contributed by atoms with van der Waals surface area (Å²) >= 11 is 0. The van der Waals surface area contributed by atoms with Gasteiger partial charge in [-0.1, -0.05) is 6.07 Å². The summed E-state index contributed by atoms with van der Waals surface area (Å²) in [7, 11) is 1.75. The van der Waals surface area contributed by atoms with Gasteiger partial charge < -0.3 is 26.6 Å². The quantitative estimate of drug-likeness (QED) is 0.216. The molecule has 5 N–H and O–H groups in total. The highest BCUT2D eigenvalue weighted by molar-refractivity contribution is 5.99. The highest BCUT2D eigenvalue weighted by Crippen LogP contribution is 2.34. The smallest absolute Gasteiger partial charge is 0.371 e. The van der Waals surface area contributed by atoms with Crippen molar-refractivity contribution in [2.75, 3.05) is 42.6 Å². The molecule has 2 amide bonds. The lowest BCUT2D eigenvalue weighted by Crippen LogP contribution is -2.33. The maximum absolute atomic E-state index is 13.8. The third kappa shape index (κ3) is 6.32. The number of rotatable bonds is 8. The van der Waals surface area contributed by atoms with Crippen LogP contribution in [0.2, 0.25) is 0 Å². The van der Waals surface area contributed by atoms with Crippen molar-refractivity contribution < 1.29 is 18.0 Å². The van der Waals surface area contributed by atoms with E-state index in [2.05, 4.69) is 41.5 Å². The standard InChI is InChI=1S/C27H30F3N9O/c1-31-24-23-25(35-15-34-24)39(16-36-23)21-6-4-19(5-7-21)37-26(40)38-20-3-2-18(22(12-20)27(28,29)30)14-33-13-17-8-10-32-11-9-17/h2-7,12,15-17,32-33H,8-11,13-14H2,1H3,(H,31,34,35)(H2,37,38,40). The van der Waals surface area contributed by atoms with Crippen LogP contribution in [0.4, 0.5) is 35.2 Å². The number of hydrogen-bond acceptors (Lipinski definition) is 7. The number of amides is 2. The van der Waals surface area contributed by atoms with E-state index in [1.165, 1.54) is 18.5 Å². The molecule has 0 bridgehead atoms. The van der Waals surface area contributed by atoms with Crippen LogP contribution in [0.1, 0.15) is 24.0 Å². The number of piperidine rings is 1. The van der Waals surface area contributed by atoms with Gasteiger partial charge in [0.25, 0.3) is 0 Å². The zero-order chi connectivity index (χ0) is 28.1. The Bertz CT molecular complexity index is 1460. The predicted molar refractivity (Wildman–Crippen MR) is 148 cm³/mol. The molecule has 5 rings (SSSR count). The van der Waals surface area contributed by atoms with Gasteiger partial charge in [-0.25, -0.2) is 19.7 Å². The fourth-order valence-electron chi connectivity index (χ4n) is 4.77. The Morgan fingerprint density at radius 1 is 1.02 bits per heavy atom. The maximum Gasteiger partial charge on any atom is 0.416 e. The van der Waals surface area contributed by atoms with Crippen molar-refractivity contribution in [3.63, 3.8) is 0 Å². The molecule has 210 valence electrons. The fourth-order valence-corrected chi connectivity index (χ4v) is 4.77. The molecule has 4 aromatic rings. The fraction of sp³-hybridized carbons (Fsp3) is 0.333. The Kier molecular flexibility index (Phi) is 8.12. The van der Waals surface area contributed by atoms with Crippen LogP contribution in [0.5, 0.6) is 0 Å². The molecule has 40 heavy (non-hydrogen) atoms. The number of imidazole rings is 1. The molecule has 1 aliphatic rings. The summed E-state index contributed by atoms with van der Waals surface area (Å²) in [4.78, 5) is 25.4. The summed E-state index contributed by atoms with van der Waals surface area (Å²) in [6.45, 7) is 2.64. The normalized spacial score (nSPS) is 14.3. The molecule has 10 nitrogen and oxygen atoms in total. The van der Waals surface area contributed by atoms with Crippen LogP contribution < -0.4 is 26.6 Å². The molecule has 0 saturated carbocycles. The Morgan fingerprint density at radius 2 is 1.75 bits per heavy atom. The lowest BCUT2D eigenvalue weighted by molar-refractivity contribution is -0.138. The van der Waals surface area contributed by atoms with Crippen molar-refractivity contribution in [3.8, 4) is 5.69 Å². The van der Waals surface area contributed by atoms with Crippen LogP contribution >= 0.6 is 0 Å². The number of anilines is 3. The highest BCUT2D eigenvalue weighted by atomic mass is 19.4. The first-order chi connectivity index (χ1) is 19.3. The largest absolute Gasteiger partial charge is 0.416 e. The van der Waals surface area contributed by atoms with E-state index in [1.807, 2.05) is 0 Å². The predicted octanol–water partition coefficient (Wildman–Crippen LogP) is 4.61. The van der Waals surface area contributed by atoms with Gasteiger partial charge in [-0.3, -0.25) is 4.57 Å². The first-order valence-electron chi connectivity index (χ1n) is 13.0. The number of benzene rings is 2. The number of fused-ring (bicyclic) bond motifs is 1. The SMILES string of the molecule is CNc1ncnc2c1ncn2-c1ccc(NC(=O)Nc2ccc(CNCC3CCNCC3)c(C(F)(F)F)c2)cc1. The molecule has 2 aromatic carbocycles. The van der Waals surface area contributed by atoms with E-state index in [0.717, 1.165) is 37.7 Å². The number of nitrogens with zero attached hydrogens (tertiary/aromatic N) is 4. The third-order valence-electron chi connectivity index (χ3n) is 6.85. The van der Waals surface area contributed by atoms with E-state index in [-0.39, 0.29) is 17.8 Å². The van der Waals surface area contributed by atoms with Crippen LogP contribution in [-0.2, 0) is 12.7 Å². The number of hydrogen-bond donors (Lipinski definition) is 5. The van der Waals surface area contributed by atoms with Crippen molar-refractivity contribution in [1.29, 1.82) is 0 Å². The second kappa shape index (κ2) is 11.9. The van der Waals surface area contributed by atoms with E-state index in [0.29, 0.717) is 35.1 Å². The Balaban J connectivity index is 1.22. The number of halogens is 3. The summed E-state index contributed by atoms with van der Waals surface area (Å²) in [5, 5.41) is 14.6. The van der Waals surface area contributed by atoms with E-state index in [1.54, 1.807) is 42.2 Å². The van der Waals surface area contributed by atoms with Gasteiger partial charge in [-0.2, -0.15) is 13.2 Å². The first kappa shape index (κ1) is 27.3. The Labute approximate surface area is 228 Å². The van der Waals surface area contributed by atoms with E-state index < -0.39 is 17.8 Å². The van der Waals surface area contributed by atoms with Crippen LogP contribution in [0.25, 0.3) is 16.9 Å². The molecule has 0 radical (unpaired) electrons. The lowest BCUT2D eigenvalue weighted by atomic mass is 9.98. The topological polar surface area (TPSA) is 121 Å². The minimum Gasteiger partial charge on any atom is -0.371 e. The zero-order valence-electron chi connectivity index (χ0n) is 21.8. The summed E-state index contributed by atoms with van der Waals surface area (Å²) in [6.07, 6.45) is 0.529. The second-order valence-corrected chi connectivity index (χ2v) is 9.58. The first-order valence-corrected chi connectivity index (χ1v) is 13.0. The second-order valence-electron chi connectivity index (χ2n) is 9.58. The molecule has 0 spiro atoms.